The van der Waals surface area contributed by atoms with Crippen LogP contribution in [0.25, 0.3) is 0 Å². The molecule has 3 heterocycles. The van der Waals surface area contributed by atoms with Gasteiger partial charge >= 0.3 is 0 Å². The molecule has 2 bridgehead atoms. The number of carbonyl (C=O) groups excluding carboxylic acids is 1. The zero-order chi connectivity index (χ0) is 19.9. The Hall–Kier alpha value is -1.51. The van der Waals surface area contributed by atoms with E-state index in [9.17, 15) is 13.2 Å². The molecule has 1 aromatic heterocycles. The average Bonchev–Trinajstić information content (AvgIpc) is 3.28. The second kappa shape index (κ2) is 5.77. The summed E-state index contributed by atoms with van der Waals surface area (Å²) in [6, 6.07) is 3.47. The number of sulfonamides is 1. The highest BCUT2D eigenvalue weighted by molar-refractivity contribution is 7.90. The maximum Gasteiger partial charge on any atom is 0.267 e. The number of aromatic nitrogens is 1. The van der Waals surface area contributed by atoms with E-state index in [0.717, 1.165) is 24.8 Å². The van der Waals surface area contributed by atoms with Crippen molar-refractivity contribution in [3.05, 3.63) is 30.1 Å². The third-order valence-electron chi connectivity index (χ3n) is 8.14. The van der Waals surface area contributed by atoms with Crippen LogP contribution in [0.5, 0.6) is 0 Å². The fourth-order valence-electron chi connectivity index (χ4n) is 6.45. The summed E-state index contributed by atoms with van der Waals surface area (Å²) in [5, 5.41) is 1.66. The first kappa shape index (κ1) is 18.5. The van der Waals surface area contributed by atoms with Crippen LogP contribution in [-0.2, 0) is 19.7 Å². The molecule has 0 radical (unpaired) electrons. The molecule has 4 aliphatic rings. The van der Waals surface area contributed by atoms with Gasteiger partial charge in [0.1, 0.15) is 0 Å². The van der Waals surface area contributed by atoms with E-state index in [0.29, 0.717) is 12.3 Å². The van der Waals surface area contributed by atoms with E-state index in [-0.39, 0.29) is 28.7 Å². The van der Waals surface area contributed by atoms with Crippen LogP contribution in [0.1, 0.15) is 51.1 Å². The molecule has 7 nitrogen and oxygen atoms in total. The molecule has 1 aromatic rings. The maximum absolute atomic E-state index is 13.4. The first-order chi connectivity index (χ1) is 13.2. The molecule has 28 heavy (non-hydrogen) atoms. The zero-order valence-electron chi connectivity index (χ0n) is 16.5. The van der Waals surface area contributed by atoms with Crippen LogP contribution < -0.4 is 0 Å². The van der Waals surface area contributed by atoms with E-state index in [4.69, 9.17) is 4.84 Å². The Bertz CT molecular complexity index is 919. The molecule has 2 saturated carbocycles. The smallest absolute Gasteiger partial charge is 0.267 e. The zero-order valence-corrected chi connectivity index (χ0v) is 17.4. The monoisotopic (exact) mass is 405 g/mol. The summed E-state index contributed by atoms with van der Waals surface area (Å²) < 4.78 is 27.4. The van der Waals surface area contributed by atoms with Crippen molar-refractivity contribution in [3.8, 4) is 0 Å². The van der Waals surface area contributed by atoms with E-state index in [1.807, 2.05) is 12.1 Å². The second-order valence-corrected chi connectivity index (χ2v) is 11.3. The van der Waals surface area contributed by atoms with Crippen molar-refractivity contribution >= 4 is 15.9 Å². The van der Waals surface area contributed by atoms with Gasteiger partial charge in [0.15, 0.2) is 6.10 Å². The minimum absolute atomic E-state index is 0.0503. The molecule has 5 atom stereocenters. The Labute approximate surface area is 166 Å². The Morgan fingerprint density at radius 2 is 2.11 bits per heavy atom. The van der Waals surface area contributed by atoms with Crippen LogP contribution in [0, 0.1) is 16.7 Å². The lowest BCUT2D eigenvalue weighted by Crippen LogP contribution is -2.47. The summed E-state index contributed by atoms with van der Waals surface area (Å²) >= 11 is 0. The van der Waals surface area contributed by atoms with Crippen molar-refractivity contribution in [2.45, 2.75) is 57.7 Å². The maximum atomic E-state index is 13.4. The van der Waals surface area contributed by atoms with E-state index in [1.54, 1.807) is 24.5 Å². The number of rotatable bonds is 2. The van der Waals surface area contributed by atoms with Gasteiger partial charge in [-0.15, -0.1) is 0 Å². The van der Waals surface area contributed by atoms with Gasteiger partial charge in [0.05, 0.1) is 17.8 Å². The molecule has 4 fully saturated rings. The Morgan fingerprint density at radius 3 is 2.79 bits per heavy atom. The molecule has 0 aromatic carbocycles. The third-order valence-corrected chi connectivity index (χ3v) is 10.1. The summed E-state index contributed by atoms with van der Waals surface area (Å²) in [5.74, 6) is 0.177. The first-order valence-electron chi connectivity index (χ1n) is 10.0. The third kappa shape index (κ3) is 2.25. The molecule has 5 rings (SSSR count). The number of hydrogen-bond donors (Lipinski definition) is 0. The Balaban J connectivity index is 1.43. The fraction of sp³-hybridized carbons (Fsp3) is 0.700. The molecule has 0 unspecified atom stereocenters. The highest BCUT2D eigenvalue weighted by atomic mass is 32.2. The molecule has 2 aliphatic carbocycles. The quantitative estimate of drug-likeness (QED) is 0.750. The van der Waals surface area contributed by atoms with Gasteiger partial charge in [-0.05, 0) is 42.2 Å². The normalized spacial score (nSPS) is 40.8. The molecular weight excluding hydrogens is 378 g/mol. The predicted octanol–water partition coefficient (Wildman–Crippen LogP) is 2.13. The molecule has 1 amide bonds. The fourth-order valence-corrected chi connectivity index (χ4v) is 9.02. The summed E-state index contributed by atoms with van der Waals surface area (Å²) in [6.45, 7) is 4.37. The van der Waals surface area contributed by atoms with Crippen molar-refractivity contribution < 1.29 is 18.0 Å². The lowest BCUT2D eigenvalue weighted by molar-refractivity contribution is -0.169. The van der Waals surface area contributed by atoms with Crippen LogP contribution in [0.3, 0.4) is 0 Å². The molecule has 8 heteroatoms. The number of amides is 1. The number of fused-ring (bicyclic) bond motifs is 1. The van der Waals surface area contributed by atoms with Crippen molar-refractivity contribution in [2.24, 2.45) is 16.7 Å². The van der Waals surface area contributed by atoms with Gasteiger partial charge in [0.2, 0.25) is 10.0 Å². The van der Waals surface area contributed by atoms with Gasteiger partial charge in [-0.25, -0.2) is 12.7 Å². The van der Waals surface area contributed by atoms with Crippen molar-refractivity contribution in [1.29, 1.82) is 0 Å². The van der Waals surface area contributed by atoms with E-state index < -0.39 is 22.0 Å². The summed E-state index contributed by atoms with van der Waals surface area (Å²) in [7, 11) is -1.84. The lowest BCUT2D eigenvalue weighted by atomic mass is 9.69. The second-order valence-electron chi connectivity index (χ2n) is 9.43. The van der Waals surface area contributed by atoms with Gasteiger partial charge in [0, 0.05) is 31.3 Å². The van der Waals surface area contributed by atoms with Crippen LogP contribution in [0.4, 0.5) is 0 Å². The first-order valence-corrected chi connectivity index (χ1v) is 11.6. The minimum Gasteiger partial charge on any atom is -0.285 e. The van der Waals surface area contributed by atoms with E-state index >= 15 is 0 Å². The van der Waals surface area contributed by atoms with Crippen LogP contribution in [0.15, 0.2) is 24.5 Å². The highest BCUT2D eigenvalue weighted by Crippen LogP contribution is 2.70. The van der Waals surface area contributed by atoms with Crippen molar-refractivity contribution in [2.75, 3.05) is 12.8 Å². The van der Waals surface area contributed by atoms with Gasteiger partial charge in [-0.2, -0.15) is 5.06 Å². The van der Waals surface area contributed by atoms with E-state index in [2.05, 4.69) is 18.8 Å². The van der Waals surface area contributed by atoms with Gasteiger partial charge in [-0.3, -0.25) is 14.6 Å². The summed E-state index contributed by atoms with van der Waals surface area (Å²) in [4.78, 5) is 23.4. The highest BCUT2D eigenvalue weighted by Gasteiger charge is 2.72. The van der Waals surface area contributed by atoms with Crippen LogP contribution >= 0.6 is 0 Å². The van der Waals surface area contributed by atoms with Gasteiger partial charge in [-0.1, -0.05) is 19.9 Å². The lowest BCUT2D eigenvalue weighted by Gasteiger charge is -2.37. The average molecular weight is 406 g/mol. The largest absolute Gasteiger partial charge is 0.285 e. The number of hydroxylamine groups is 2. The molecule has 0 N–H and O–H groups in total. The van der Waals surface area contributed by atoms with Crippen molar-refractivity contribution in [3.63, 3.8) is 0 Å². The summed E-state index contributed by atoms with van der Waals surface area (Å²) in [6.07, 6.45) is 5.86. The number of nitrogens with zero attached hydrogens (tertiary/aromatic N) is 3. The number of pyridine rings is 1. The Kier molecular flexibility index (Phi) is 3.81. The molecular formula is C20H27N3O4S. The van der Waals surface area contributed by atoms with Crippen LogP contribution in [0.2, 0.25) is 0 Å². The van der Waals surface area contributed by atoms with Crippen molar-refractivity contribution in [1.82, 2.24) is 14.4 Å². The Morgan fingerprint density at radius 1 is 1.32 bits per heavy atom. The minimum atomic E-state index is -3.62. The SMILES string of the molecule is CN1O[C@H](C(=O)N2[C@@H]3C[C@H]4CC[C@]3(CS2(=O)=O)C4(C)C)C[C@H]1c1cccnc1. The molecule has 2 saturated heterocycles. The topological polar surface area (TPSA) is 79.8 Å². The summed E-state index contributed by atoms with van der Waals surface area (Å²) in [5.41, 5.74) is 0.604. The standard InChI is InChI=1S/C20H27N3O4S/c1-19(2)14-6-7-20(19)12-28(25,26)23(17(20)9-14)18(24)16-10-15(22(3)27-16)13-5-4-8-21-11-13/h4-5,8,11,14-17H,6-7,9-10,12H2,1-3H3/t14-,15+,16+,17-,20-/m1/s1. The molecule has 1 spiro atoms. The van der Waals surface area contributed by atoms with Gasteiger partial charge in [0.25, 0.3) is 5.91 Å². The number of carbonyl (C=O) groups is 1. The van der Waals surface area contributed by atoms with E-state index in [1.165, 1.54) is 4.31 Å². The van der Waals surface area contributed by atoms with Gasteiger partial charge < -0.3 is 0 Å². The van der Waals surface area contributed by atoms with Crippen LogP contribution in [-0.4, -0.2) is 53.6 Å². The predicted molar refractivity (Wildman–Crippen MR) is 102 cm³/mol. The number of hydrogen-bond acceptors (Lipinski definition) is 6. The molecule has 2 aliphatic heterocycles. The molecule has 152 valence electrons.